The number of benzene rings is 1. The Kier molecular flexibility index (Phi) is 3.31. The van der Waals surface area contributed by atoms with Crippen molar-refractivity contribution in [2.75, 3.05) is 5.73 Å². The van der Waals surface area contributed by atoms with E-state index in [1.165, 1.54) is 16.8 Å². The summed E-state index contributed by atoms with van der Waals surface area (Å²) >= 11 is 5.86. The molecule has 0 aliphatic carbocycles. The summed E-state index contributed by atoms with van der Waals surface area (Å²) in [6, 6.07) is 6.07. The summed E-state index contributed by atoms with van der Waals surface area (Å²) in [5.41, 5.74) is 6.49. The van der Waals surface area contributed by atoms with Gasteiger partial charge in [0, 0.05) is 24.4 Å². The molecule has 0 saturated carbocycles. The van der Waals surface area contributed by atoms with Crippen molar-refractivity contribution in [2.45, 2.75) is 0 Å². The average molecular weight is 279 g/mol. The van der Waals surface area contributed by atoms with Crippen molar-refractivity contribution in [1.29, 1.82) is 0 Å². The first-order valence-corrected chi connectivity index (χ1v) is 5.78. The molecule has 1 heterocycles. The third kappa shape index (κ3) is 2.32. The van der Waals surface area contributed by atoms with Crippen LogP contribution in [0.2, 0.25) is 5.02 Å². The predicted molar refractivity (Wildman–Crippen MR) is 71.7 cm³/mol. The van der Waals surface area contributed by atoms with Gasteiger partial charge in [-0.25, -0.2) is 4.79 Å². The molecule has 0 aliphatic heterocycles. The van der Waals surface area contributed by atoms with Gasteiger partial charge in [0.1, 0.15) is 5.69 Å². The van der Waals surface area contributed by atoms with E-state index in [1.807, 2.05) is 0 Å². The Morgan fingerprint density at radius 2 is 2.05 bits per heavy atom. The lowest BCUT2D eigenvalue weighted by Gasteiger charge is -2.04. The van der Waals surface area contributed by atoms with Crippen LogP contribution < -0.4 is 5.73 Å². The minimum absolute atomic E-state index is 0.0314. The van der Waals surface area contributed by atoms with Gasteiger partial charge in [0.05, 0.1) is 10.7 Å². The van der Waals surface area contributed by atoms with Gasteiger partial charge in [0.2, 0.25) is 0 Å². The van der Waals surface area contributed by atoms with E-state index in [1.54, 1.807) is 25.2 Å². The fraction of sp³-hybridized carbons (Fsp3) is 0.0769. The Morgan fingerprint density at radius 3 is 2.63 bits per heavy atom. The van der Waals surface area contributed by atoms with E-state index >= 15 is 0 Å². The van der Waals surface area contributed by atoms with Crippen molar-refractivity contribution in [1.82, 2.24) is 4.57 Å². The van der Waals surface area contributed by atoms with Gasteiger partial charge in [-0.15, -0.1) is 0 Å². The lowest BCUT2D eigenvalue weighted by Crippen LogP contribution is -2.04. The molecule has 0 radical (unpaired) electrons. The van der Waals surface area contributed by atoms with Gasteiger partial charge in [0.15, 0.2) is 5.78 Å². The Hall–Kier alpha value is -2.27. The third-order valence-corrected chi connectivity index (χ3v) is 3.11. The predicted octanol–water partition coefficient (Wildman–Crippen LogP) is 2.19. The van der Waals surface area contributed by atoms with Gasteiger partial charge < -0.3 is 15.4 Å². The Labute approximate surface area is 114 Å². The molecule has 0 bridgehead atoms. The molecule has 2 rings (SSSR count). The molecule has 1 aromatic heterocycles. The first-order chi connectivity index (χ1) is 8.91. The summed E-state index contributed by atoms with van der Waals surface area (Å²) in [6.45, 7) is 0. The second-order valence-electron chi connectivity index (χ2n) is 4.06. The van der Waals surface area contributed by atoms with Crippen molar-refractivity contribution in [3.8, 4) is 0 Å². The third-order valence-electron chi connectivity index (χ3n) is 2.78. The number of carbonyl (C=O) groups excluding carboxylic acids is 1. The van der Waals surface area contributed by atoms with Crippen LogP contribution in [0.3, 0.4) is 0 Å². The molecule has 98 valence electrons. The smallest absolute Gasteiger partial charge is 0.352 e. The van der Waals surface area contributed by atoms with Crippen molar-refractivity contribution in [3.63, 3.8) is 0 Å². The molecule has 0 aliphatic rings. The van der Waals surface area contributed by atoms with Gasteiger partial charge in [-0.1, -0.05) is 17.7 Å². The largest absolute Gasteiger partial charge is 0.477 e. The minimum Gasteiger partial charge on any atom is -0.477 e. The number of anilines is 1. The van der Waals surface area contributed by atoms with Crippen molar-refractivity contribution >= 4 is 29.0 Å². The number of halogens is 1. The van der Waals surface area contributed by atoms with E-state index in [9.17, 15) is 9.59 Å². The number of carboxylic acid groups (broad SMARTS) is 1. The molecule has 1 aromatic carbocycles. The standard InChI is InChI=1S/C13H11ClN2O3/c1-16-6-7(5-10(16)13(18)19)12(17)8-3-2-4-9(14)11(8)15/h2-6H,15H2,1H3,(H,18,19). The van der Waals surface area contributed by atoms with Crippen LogP contribution in [0.25, 0.3) is 0 Å². The maximum absolute atomic E-state index is 12.3. The van der Waals surface area contributed by atoms with E-state index in [2.05, 4.69) is 0 Å². The fourth-order valence-corrected chi connectivity index (χ4v) is 1.97. The molecule has 5 nitrogen and oxygen atoms in total. The zero-order chi connectivity index (χ0) is 14.2. The van der Waals surface area contributed by atoms with Crippen LogP contribution in [0, 0.1) is 0 Å². The highest BCUT2D eigenvalue weighted by Crippen LogP contribution is 2.25. The monoisotopic (exact) mass is 278 g/mol. The van der Waals surface area contributed by atoms with Crippen LogP contribution in [-0.2, 0) is 7.05 Å². The van der Waals surface area contributed by atoms with E-state index in [0.29, 0.717) is 5.02 Å². The molecule has 0 amide bonds. The number of nitrogens with zero attached hydrogens (tertiary/aromatic N) is 1. The number of rotatable bonds is 3. The summed E-state index contributed by atoms with van der Waals surface area (Å²) in [5, 5.41) is 9.24. The first kappa shape index (κ1) is 13.2. The molecule has 0 unspecified atom stereocenters. The molecule has 0 fully saturated rings. The lowest BCUT2D eigenvalue weighted by molar-refractivity contribution is 0.0686. The Bertz CT molecular complexity index is 677. The summed E-state index contributed by atoms with van der Waals surface area (Å²) in [5.74, 6) is -1.45. The highest BCUT2D eigenvalue weighted by Gasteiger charge is 2.18. The number of aromatic nitrogens is 1. The topological polar surface area (TPSA) is 85.3 Å². The zero-order valence-electron chi connectivity index (χ0n) is 10.1. The fourth-order valence-electron chi connectivity index (χ4n) is 1.79. The van der Waals surface area contributed by atoms with Crippen LogP contribution in [0.15, 0.2) is 30.5 Å². The summed E-state index contributed by atoms with van der Waals surface area (Å²) in [7, 11) is 1.56. The molecule has 19 heavy (non-hydrogen) atoms. The van der Waals surface area contributed by atoms with Crippen molar-refractivity contribution in [3.05, 3.63) is 52.3 Å². The number of para-hydroxylation sites is 1. The minimum atomic E-state index is -1.10. The number of ketones is 1. The maximum Gasteiger partial charge on any atom is 0.352 e. The number of carbonyl (C=O) groups is 2. The summed E-state index contributed by atoms with van der Waals surface area (Å²) in [4.78, 5) is 23.2. The summed E-state index contributed by atoms with van der Waals surface area (Å²) < 4.78 is 1.37. The van der Waals surface area contributed by atoms with Crippen LogP contribution >= 0.6 is 11.6 Å². The molecule has 0 saturated heterocycles. The van der Waals surface area contributed by atoms with E-state index in [0.717, 1.165) is 0 Å². The molecule has 3 N–H and O–H groups in total. The molecule has 2 aromatic rings. The van der Waals surface area contributed by atoms with Crippen LogP contribution in [-0.4, -0.2) is 21.4 Å². The number of aryl methyl sites for hydroxylation is 1. The van der Waals surface area contributed by atoms with Crippen LogP contribution in [0.1, 0.15) is 26.4 Å². The summed E-state index contributed by atoms with van der Waals surface area (Å²) in [6.07, 6.45) is 1.45. The number of hydrogen-bond donors (Lipinski definition) is 2. The molecular formula is C13H11ClN2O3. The number of hydrogen-bond acceptors (Lipinski definition) is 3. The van der Waals surface area contributed by atoms with Gasteiger partial charge in [-0.3, -0.25) is 4.79 Å². The lowest BCUT2D eigenvalue weighted by atomic mass is 10.0. The average Bonchev–Trinajstić information content (AvgIpc) is 2.74. The highest BCUT2D eigenvalue weighted by atomic mass is 35.5. The maximum atomic E-state index is 12.3. The number of aromatic carboxylic acids is 1. The molecule has 0 atom stereocenters. The molecule has 0 spiro atoms. The first-order valence-electron chi connectivity index (χ1n) is 5.40. The van der Waals surface area contributed by atoms with E-state index < -0.39 is 5.97 Å². The van der Waals surface area contributed by atoms with Crippen LogP contribution in [0.5, 0.6) is 0 Å². The number of nitrogens with two attached hydrogens (primary N) is 1. The van der Waals surface area contributed by atoms with Crippen LogP contribution in [0.4, 0.5) is 5.69 Å². The SMILES string of the molecule is Cn1cc(C(=O)c2cccc(Cl)c2N)cc1C(=O)O. The Balaban J connectivity index is 2.48. The zero-order valence-corrected chi connectivity index (χ0v) is 10.8. The highest BCUT2D eigenvalue weighted by molar-refractivity contribution is 6.34. The van der Waals surface area contributed by atoms with E-state index in [4.69, 9.17) is 22.4 Å². The van der Waals surface area contributed by atoms with Crippen molar-refractivity contribution in [2.24, 2.45) is 7.05 Å². The number of nitrogen functional groups attached to an aromatic ring is 1. The normalized spacial score (nSPS) is 10.4. The molecule has 6 heteroatoms. The second kappa shape index (κ2) is 4.78. The van der Waals surface area contributed by atoms with E-state index in [-0.39, 0.29) is 28.3 Å². The molecular weight excluding hydrogens is 268 g/mol. The van der Waals surface area contributed by atoms with Gasteiger partial charge in [0.25, 0.3) is 0 Å². The van der Waals surface area contributed by atoms with Gasteiger partial charge >= 0.3 is 5.97 Å². The quantitative estimate of drug-likeness (QED) is 0.666. The Morgan fingerprint density at radius 1 is 1.37 bits per heavy atom. The second-order valence-corrected chi connectivity index (χ2v) is 4.47. The van der Waals surface area contributed by atoms with Crippen molar-refractivity contribution < 1.29 is 14.7 Å². The number of carboxylic acids is 1. The van der Waals surface area contributed by atoms with Gasteiger partial charge in [-0.05, 0) is 18.2 Å². The van der Waals surface area contributed by atoms with Gasteiger partial charge in [-0.2, -0.15) is 0 Å².